The van der Waals surface area contributed by atoms with Crippen LogP contribution in [-0.4, -0.2) is 6.17 Å². The van der Waals surface area contributed by atoms with E-state index in [0.29, 0.717) is 11.8 Å². The van der Waals surface area contributed by atoms with Crippen LogP contribution in [0.3, 0.4) is 0 Å². The molecule has 4 unspecified atom stereocenters. The zero-order valence-electron chi connectivity index (χ0n) is 9.67. The predicted octanol–water partition coefficient (Wildman–Crippen LogP) is 4.05. The fourth-order valence-electron chi connectivity index (χ4n) is 3.31. The molecule has 0 aromatic carbocycles. The molecule has 0 radical (unpaired) electrons. The highest BCUT2D eigenvalue weighted by atomic mass is 19.1. The highest BCUT2D eigenvalue weighted by Crippen LogP contribution is 2.52. The third-order valence-corrected chi connectivity index (χ3v) is 4.26. The molecule has 2 saturated carbocycles. The molecule has 82 valence electrons. The van der Waals surface area contributed by atoms with Crippen LogP contribution in [-0.2, 0) is 0 Å². The fraction of sp³-hybridized carbons (Fsp3) is 1.00. The van der Waals surface area contributed by atoms with Crippen molar-refractivity contribution in [3.63, 3.8) is 0 Å². The SMILES string of the molecule is CC(C)CC1C(C)C(F)CC1C1CC1. The lowest BCUT2D eigenvalue weighted by molar-refractivity contribution is 0.216. The zero-order chi connectivity index (χ0) is 10.3. The Morgan fingerprint density at radius 3 is 2.43 bits per heavy atom. The molecule has 1 heteroatoms. The maximum Gasteiger partial charge on any atom is 0.103 e. The number of alkyl halides is 1. The molecule has 0 spiro atoms. The van der Waals surface area contributed by atoms with Crippen molar-refractivity contribution in [2.45, 2.75) is 52.6 Å². The molecule has 0 aliphatic heterocycles. The summed E-state index contributed by atoms with van der Waals surface area (Å²) in [6.45, 7) is 6.66. The van der Waals surface area contributed by atoms with Crippen LogP contribution in [0.4, 0.5) is 4.39 Å². The van der Waals surface area contributed by atoms with Crippen LogP contribution in [0.2, 0.25) is 0 Å². The first-order chi connectivity index (χ1) is 6.59. The summed E-state index contributed by atoms with van der Waals surface area (Å²) < 4.78 is 13.7. The maximum absolute atomic E-state index is 13.7. The summed E-state index contributed by atoms with van der Waals surface area (Å²) in [5, 5.41) is 0. The first-order valence-electron chi connectivity index (χ1n) is 6.23. The van der Waals surface area contributed by atoms with Gasteiger partial charge in [0.2, 0.25) is 0 Å². The number of rotatable bonds is 3. The monoisotopic (exact) mass is 198 g/mol. The summed E-state index contributed by atoms with van der Waals surface area (Å²) in [7, 11) is 0. The minimum Gasteiger partial charge on any atom is -0.247 e. The Labute approximate surface area is 87.3 Å². The molecule has 2 aliphatic carbocycles. The molecule has 2 aliphatic rings. The summed E-state index contributed by atoms with van der Waals surface area (Å²) >= 11 is 0. The van der Waals surface area contributed by atoms with Crippen LogP contribution in [0.5, 0.6) is 0 Å². The number of hydrogen-bond donors (Lipinski definition) is 0. The van der Waals surface area contributed by atoms with Crippen molar-refractivity contribution in [2.75, 3.05) is 0 Å². The van der Waals surface area contributed by atoms with Gasteiger partial charge in [-0.3, -0.25) is 0 Å². The van der Waals surface area contributed by atoms with Gasteiger partial charge in [-0.1, -0.05) is 20.8 Å². The molecule has 0 aromatic rings. The lowest BCUT2D eigenvalue weighted by Crippen LogP contribution is -2.18. The lowest BCUT2D eigenvalue weighted by atomic mass is 9.81. The van der Waals surface area contributed by atoms with Gasteiger partial charge in [0.1, 0.15) is 6.17 Å². The zero-order valence-corrected chi connectivity index (χ0v) is 9.67. The molecule has 0 nitrogen and oxygen atoms in total. The Bertz CT molecular complexity index is 195. The summed E-state index contributed by atoms with van der Waals surface area (Å²) in [4.78, 5) is 0. The van der Waals surface area contributed by atoms with Crippen molar-refractivity contribution in [1.29, 1.82) is 0 Å². The van der Waals surface area contributed by atoms with E-state index in [-0.39, 0.29) is 0 Å². The Morgan fingerprint density at radius 1 is 1.29 bits per heavy atom. The maximum atomic E-state index is 13.7. The van der Waals surface area contributed by atoms with Crippen LogP contribution >= 0.6 is 0 Å². The summed E-state index contributed by atoms with van der Waals surface area (Å²) in [5.74, 6) is 3.35. The van der Waals surface area contributed by atoms with E-state index in [4.69, 9.17) is 0 Å². The van der Waals surface area contributed by atoms with Crippen LogP contribution in [0.25, 0.3) is 0 Å². The van der Waals surface area contributed by atoms with Crippen molar-refractivity contribution in [3.05, 3.63) is 0 Å². The summed E-state index contributed by atoms with van der Waals surface area (Å²) in [6, 6.07) is 0. The molecule has 4 atom stereocenters. The molecule has 0 saturated heterocycles. The second kappa shape index (κ2) is 3.83. The highest BCUT2D eigenvalue weighted by molar-refractivity contribution is 4.96. The molecule has 0 heterocycles. The smallest absolute Gasteiger partial charge is 0.103 e. The van der Waals surface area contributed by atoms with Crippen molar-refractivity contribution in [2.24, 2.45) is 29.6 Å². The van der Waals surface area contributed by atoms with Gasteiger partial charge in [-0.15, -0.1) is 0 Å². The third kappa shape index (κ3) is 1.97. The Balaban J connectivity index is 2.00. The summed E-state index contributed by atoms with van der Waals surface area (Å²) in [6.07, 6.45) is 4.34. The topological polar surface area (TPSA) is 0 Å². The molecule has 2 rings (SSSR count). The average Bonchev–Trinajstić information content (AvgIpc) is 2.88. The molecule has 0 aromatic heterocycles. The standard InChI is InChI=1S/C13H23F/c1-8(2)6-11-9(3)13(14)7-12(11)10-4-5-10/h8-13H,4-7H2,1-3H3. The molecule has 0 N–H and O–H groups in total. The first kappa shape index (κ1) is 10.4. The van der Waals surface area contributed by atoms with E-state index in [1.54, 1.807) is 0 Å². The van der Waals surface area contributed by atoms with E-state index in [1.807, 2.05) is 0 Å². The van der Waals surface area contributed by atoms with Crippen LogP contribution < -0.4 is 0 Å². The van der Waals surface area contributed by atoms with E-state index in [1.165, 1.54) is 19.3 Å². The van der Waals surface area contributed by atoms with Crippen molar-refractivity contribution < 1.29 is 4.39 Å². The number of hydrogen-bond acceptors (Lipinski definition) is 0. The third-order valence-electron chi connectivity index (χ3n) is 4.26. The van der Waals surface area contributed by atoms with Crippen LogP contribution in [0, 0.1) is 29.6 Å². The van der Waals surface area contributed by atoms with Gasteiger partial charge in [0, 0.05) is 0 Å². The normalized spacial score (nSPS) is 43.5. The van der Waals surface area contributed by atoms with Gasteiger partial charge in [0.15, 0.2) is 0 Å². The molecule has 14 heavy (non-hydrogen) atoms. The van der Waals surface area contributed by atoms with Crippen molar-refractivity contribution in [3.8, 4) is 0 Å². The van der Waals surface area contributed by atoms with Gasteiger partial charge in [0.05, 0.1) is 0 Å². The van der Waals surface area contributed by atoms with E-state index in [2.05, 4.69) is 20.8 Å². The van der Waals surface area contributed by atoms with E-state index in [0.717, 1.165) is 24.2 Å². The molecular weight excluding hydrogens is 175 g/mol. The van der Waals surface area contributed by atoms with Gasteiger partial charge in [0.25, 0.3) is 0 Å². The van der Waals surface area contributed by atoms with Gasteiger partial charge in [-0.25, -0.2) is 4.39 Å². The minimum absolute atomic E-state index is 0.322. The first-order valence-corrected chi connectivity index (χ1v) is 6.23. The van der Waals surface area contributed by atoms with E-state index in [9.17, 15) is 4.39 Å². The average molecular weight is 198 g/mol. The molecular formula is C13H23F. The van der Waals surface area contributed by atoms with Crippen LogP contribution in [0.15, 0.2) is 0 Å². The Kier molecular flexibility index (Phi) is 2.86. The van der Waals surface area contributed by atoms with Crippen molar-refractivity contribution >= 4 is 0 Å². The quantitative estimate of drug-likeness (QED) is 0.641. The highest BCUT2D eigenvalue weighted by Gasteiger charge is 2.47. The lowest BCUT2D eigenvalue weighted by Gasteiger charge is -2.24. The summed E-state index contributed by atoms with van der Waals surface area (Å²) in [5.41, 5.74) is 0. The Morgan fingerprint density at radius 2 is 1.93 bits per heavy atom. The molecule has 0 amide bonds. The second-order valence-electron chi connectivity index (χ2n) is 5.91. The predicted molar refractivity (Wildman–Crippen MR) is 57.8 cm³/mol. The van der Waals surface area contributed by atoms with E-state index < -0.39 is 6.17 Å². The molecule has 0 bridgehead atoms. The molecule has 2 fully saturated rings. The largest absolute Gasteiger partial charge is 0.247 e. The van der Waals surface area contributed by atoms with Gasteiger partial charge in [-0.2, -0.15) is 0 Å². The number of halogens is 1. The second-order valence-corrected chi connectivity index (χ2v) is 5.91. The van der Waals surface area contributed by atoms with Gasteiger partial charge >= 0.3 is 0 Å². The van der Waals surface area contributed by atoms with Gasteiger partial charge in [-0.05, 0) is 55.3 Å². The van der Waals surface area contributed by atoms with Gasteiger partial charge < -0.3 is 0 Å². The van der Waals surface area contributed by atoms with E-state index >= 15 is 0 Å². The fourth-order valence-corrected chi connectivity index (χ4v) is 3.31. The Hall–Kier alpha value is -0.0700. The van der Waals surface area contributed by atoms with Crippen LogP contribution in [0.1, 0.15) is 46.5 Å². The minimum atomic E-state index is -0.510. The van der Waals surface area contributed by atoms with Crippen molar-refractivity contribution in [1.82, 2.24) is 0 Å².